The van der Waals surface area contributed by atoms with Crippen molar-refractivity contribution in [2.75, 3.05) is 0 Å². The number of carbonyl (C=O) groups is 1. The Morgan fingerprint density at radius 1 is 0.913 bits per heavy atom. The largest absolute Gasteiger partial charge is 0.439 e. The monoisotopic (exact) mass is 305 g/mol. The van der Waals surface area contributed by atoms with Crippen LogP contribution in [-0.4, -0.2) is 17.0 Å². The van der Waals surface area contributed by atoms with E-state index in [0.29, 0.717) is 11.5 Å². The van der Waals surface area contributed by atoms with E-state index in [-0.39, 0.29) is 18.2 Å². The topological polar surface area (TPSA) is 29.5 Å². The Morgan fingerprint density at radius 2 is 1.52 bits per heavy atom. The summed E-state index contributed by atoms with van der Waals surface area (Å²) < 4.78 is 5.84. The molecule has 3 fully saturated rings. The molecule has 1 saturated heterocycles. The van der Waals surface area contributed by atoms with Gasteiger partial charge in [-0.2, -0.15) is 0 Å². The van der Waals surface area contributed by atoms with Crippen molar-refractivity contribution in [1.82, 2.24) is 4.90 Å². The Labute approximate surface area is 135 Å². The highest BCUT2D eigenvalue weighted by Gasteiger charge is 2.68. The highest BCUT2D eigenvalue weighted by molar-refractivity contribution is 5.73. The van der Waals surface area contributed by atoms with Gasteiger partial charge in [0.1, 0.15) is 6.04 Å². The lowest BCUT2D eigenvalue weighted by molar-refractivity contribution is 0.129. The lowest BCUT2D eigenvalue weighted by atomic mass is 9.95. The van der Waals surface area contributed by atoms with E-state index in [1.807, 2.05) is 41.3 Å². The van der Waals surface area contributed by atoms with Crippen LogP contribution in [0.15, 0.2) is 60.7 Å². The van der Waals surface area contributed by atoms with Crippen molar-refractivity contribution in [3.05, 3.63) is 71.8 Å². The highest BCUT2D eigenvalue weighted by Crippen LogP contribution is 2.70. The minimum atomic E-state index is -0.220. The van der Waals surface area contributed by atoms with Gasteiger partial charge in [0.25, 0.3) is 0 Å². The zero-order valence-corrected chi connectivity index (χ0v) is 12.9. The van der Waals surface area contributed by atoms with Gasteiger partial charge in [-0.05, 0) is 35.8 Å². The van der Waals surface area contributed by atoms with Gasteiger partial charge in [0, 0.05) is 6.04 Å². The van der Waals surface area contributed by atoms with Gasteiger partial charge in [-0.3, -0.25) is 4.90 Å². The molecule has 3 atom stereocenters. The second-order valence-corrected chi connectivity index (χ2v) is 7.06. The maximum absolute atomic E-state index is 12.6. The second kappa shape index (κ2) is 4.60. The molecule has 0 aromatic heterocycles. The molecule has 23 heavy (non-hydrogen) atoms. The van der Waals surface area contributed by atoms with Crippen molar-refractivity contribution < 1.29 is 9.53 Å². The van der Waals surface area contributed by atoms with Gasteiger partial charge in [-0.1, -0.05) is 60.7 Å². The lowest BCUT2D eigenvalue weighted by Crippen LogP contribution is -2.31. The summed E-state index contributed by atoms with van der Waals surface area (Å²) in [5, 5.41) is 0. The Kier molecular flexibility index (Phi) is 2.64. The fraction of sp³-hybridized carbons (Fsp3) is 0.350. The molecule has 2 aromatic rings. The maximum Gasteiger partial charge on any atom is 0.411 e. The van der Waals surface area contributed by atoms with E-state index in [0.717, 1.165) is 17.5 Å². The number of rotatable bonds is 3. The van der Waals surface area contributed by atoms with Crippen LogP contribution >= 0.6 is 0 Å². The number of nitrogens with zero attached hydrogens (tertiary/aromatic N) is 1. The van der Waals surface area contributed by atoms with Crippen molar-refractivity contribution >= 4 is 6.09 Å². The predicted molar refractivity (Wildman–Crippen MR) is 86.8 cm³/mol. The maximum atomic E-state index is 12.6. The third-order valence-corrected chi connectivity index (χ3v) is 5.67. The Morgan fingerprint density at radius 3 is 2.09 bits per heavy atom. The fourth-order valence-electron chi connectivity index (χ4n) is 4.11. The Balaban J connectivity index is 1.57. The van der Waals surface area contributed by atoms with Crippen molar-refractivity contribution in [2.45, 2.75) is 37.5 Å². The van der Waals surface area contributed by atoms with E-state index in [1.54, 1.807) is 0 Å². The number of hydrogen-bond acceptors (Lipinski definition) is 2. The van der Waals surface area contributed by atoms with Crippen LogP contribution < -0.4 is 0 Å². The molecule has 1 aliphatic heterocycles. The molecular formula is C20H19NO2. The van der Waals surface area contributed by atoms with Crippen LogP contribution in [0.5, 0.6) is 0 Å². The van der Waals surface area contributed by atoms with E-state index in [9.17, 15) is 4.79 Å². The summed E-state index contributed by atoms with van der Waals surface area (Å²) in [5.41, 5.74) is 2.66. The average Bonchev–Trinajstić information content (AvgIpc) is 3.50. The molecule has 1 spiro atoms. The summed E-state index contributed by atoms with van der Waals surface area (Å²) in [6, 6.07) is 20.8. The van der Waals surface area contributed by atoms with Gasteiger partial charge in [0.05, 0.1) is 0 Å². The zero-order valence-electron chi connectivity index (χ0n) is 12.9. The number of cyclic esters (lactones) is 1. The summed E-state index contributed by atoms with van der Waals surface area (Å²) in [7, 11) is 0. The van der Waals surface area contributed by atoms with Gasteiger partial charge >= 0.3 is 6.09 Å². The third kappa shape index (κ3) is 1.99. The van der Waals surface area contributed by atoms with Crippen LogP contribution in [0.4, 0.5) is 4.79 Å². The minimum absolute atomic E-state index is 0.0175. The quantitative estimate of drug-likeness (QED) is 0.837. The van der Waals surface area contributed by atoms with Crippen molar-refractivity contribution in [2.24, 2.45) is 5.41 Å². The zero-order chi connectivity index (χ0) is 15.4. The van der Waals surface area contributed by atoms with Crippen LogP contribution in [0.2, 0.25) is 0 Å². The summed E-state index contributed by atoms with van der Waals surface area (Å²) in [5.74, 6) is 0. The fourth-order valence-corrected chi connectivity index (χ4v) is 4.11. The standard InChI is InChI=1S/C20H19NO2/c22-19-21(16-13-20(16)11-12-20)17(14-7-3-1-4-8-14)18(23-19)15-9-5-2-6-10-15/h1-10,16-18H,11-13H2/t16?,17-,18+/m0/s1. The van der Waals surface area contributed by atoms with Crippen LogP contribution in [-0.2, 0) is 4.74 Å². The van der Waals surface area contributed by atoms with Crippen LogP contribution in [0, 0.1) is 5.41 Å². The minimum Gasteiger partial charge on any atom is -0.439 e. The molecule has 5 rings (SSSR count). The molecule has 3 aliphatic rings. The first-order chi connectivity index (χ1) is 11.3. The average molecular weight is 305 g/mol. The predicted octanol–water partition coefficient (Wildman–Crippen LogP) is 4.47. The SMILES string of the molecule is O=C1O[C@H](c2ccccc2)[C@H](c2ccccc2)N1C1CC12CC2. The molecule has 1 heterocycles. The Bertz CT molecular complexity index is 739. The van der Waals surface area contributed by atoms with Gasteiger partial charge in [-0.15, -0.1) is 0 Å². The first-order valence-electron chi connectivity index (χ1n) is 8.37. The third-order valence-electron chi connectivity index (χ3n) is 5.67. The normalized spacial score (nSPS) is 30.3. The lowest BCUT2D eigenvalue weighted by Gasteiger charge is -2.25. The first kappa shape index (κ1) is 13.2. The van der Waals surface area contributed by atoms with Crippen molar-refractivity contribution in [3.8, 4) is 0 Å². The summed E-state index contributed by atoms with van der Waals surface area (Å²) in [6.07, 6.45) is 3.30. The smallest absolute Gasteiger partial charge is 0.411 e. The van der Waals surface area contributed by atoms with Gasteiger partial charge in [0.15, 0.2) is 6.10 Å². The number of amides is 1. The van der Waals surface area contributed by atoms with E-state index < -0.39 is 0 Å². The van der Waals surface area contributed by atoms with Crippen LogP contribution in [0.25, 0.3) is 0 Å². The molecule has 0 bridgehead atoms. The molecule has 2 aromatic carbocycles. The highest BCUT2D eigenvalue weighted by atomic mass is 16.6. The number of ether oxygens (including phenoxy) is 1. The van der Waals surface area contributed by atoms with Crippen LogP contribution in [0.1, 0.15) is 42.5 Å². The van der Waals surface area contributed by atoms with Gasteiger partial charge in [-0.25, -0.2) is 4.79 Å². The number of hydrogen-bond donors (Lipinski definition) is 0. The Hall–Kier alpha value is -2.29. The van der Waals surface area contributed by atoms with Gasteiger partial charge < -0.3 is 4.74 Å². The summed E-state index contributed by atoms with van der Waals surface area (Å²) in [4.78, 5) is 14.7. The van der Waals surface area contributed by atoms with E-state index in [4.69, 9.17) is 4.74 Å². The molecule has 2 saturated carbocycles. The van der Waals surface area contributed by atoms with E-state index in [1.165, 1.54) is 12.8 Å². The molecule has 1 amide bonds. The van der Waals surface area contributed by atoms with Crippen molar-refractivity contribution in [1.29, 1.82) is 0 Å². The number of benzene rings is 2. The molecule has 0 radical (unpaired) electrons. The number of carbonyl (C=O) groups excluding carboxylic acids is 1. The molecular weight excluding hydrogens is 286 g/mol. The molecule has 116 valence electrons. The first-order valence-corrected chi connectivity index (χ1v) is 8.37. The molecule has 0 N–H and O–H groups in total. The summed E-state index contributed by atoms with van der Waals surface area (Å²) >= 11 is 0. The molecule has 2 aliphatic carbocycles. The van der Waals surface area contributed by atoms with E-state index >= 15 is 0 Å². The molecule has 3 heteroatoms. The van der Waals surface area contributed by atoms with Gasteiger partial charge in [0.2, 0.25) is 0 Å². The second-order valence-electron chi connectivity index (χ2n) is 7.06. The van der Waals surface area contributed by atoms with Crippen molar-refractivity contribution in [3.63, 3.8) is 0 Å². The van der Waals surface area contributed by atoms with Crippen LogP contribution in [0.3, 0.4) is 0 Å². The molecule has 1 unspecified atom stereocenters. The molecule has 3 nitrogen and oxygen atoms in total. The van der Waals surface area contributed by atoms with E-state index in [2.05, 4.69) is 24.3 Å². The summed E-state index contributed by atoms with van der Waals surface area (Å²) in [6.45, 7) is 0.